The van der Waals surface area contributed by atoms with Crippen molar-refractivity contribution in [1.29, 1.82) is 0 Å². The molecule has 34 heavy (non-hydrogen) atoms. The fraction of sp³-hybridized carbons (Fsp3) is 0.500. The van der Waals surface area contributed by atoms with Crippen molar-refractivity contribution < 1.29 is 19.0 Å². The van der Waals surface area contributed by atoms with E-state index in [4.69, 9.17) is 21.3 Å². The summed E-state index contributed by atoms with van der Waals surface area (Å²) in [7, 11) is 2.12. The van der Waals surface area contributed by atoms with E-state index in [1.165, 1.54) is 18.2 Å². The van der Waals surface area contributed by atoms with Crippen LogP contribution in [0.1, 0.15) is 10.4 Å². The van der Waals surface area contributed by atoms with Crippen LogP contribution >= 0.6 is 11.6 Å². The summed E-state index contributed by atoms with van der Waals surface area (Å²) in [5.74, 6) is 0.552. The molecule has 3 atom stereocenters. The van der Waals surface area contributed by atoms with Crippen LogP contribution in [0.15, 0.2) is 18.2 Å². The molecule has 180 valence electrons. The Bertz CT molecular complexity index is 1130. The lowest BCUT2D eigenvalue weighted by Gasteiger charge is -2.34. The van der Waals surface area contributed by atoms with Gasteiger partial charge in [0.25, 0.3) is 5.91 Å². The number of benzene rings is 1. The first-order valence-electron chi connectivity index (χ1n) is 11.7. The Kier molecular flexibility index (Phi) is 5.31. The van der Waals surface area contributed by atoms with Gasteiger partial charge in [0.15, 0.2) is 5.75 Å². The first-order chi connectivity index (χ1) is 16.4. The second-order valence-electron chi connectivity index (χ2n) is 9.75. The zero-order valence-corrected chi connectivity index (χ0v) is 19.7. The topological polar surface area (TPSA) is 81.2 Å². The first kappa shape index (κ1) is 21.9. The summed E-state index contributed by atoms with van der Waals surface area (Å²) < 4.78 is 21.0. The van der Waals surface area contributed by atoms with Gasteiger partial charge in [0.05, 0.1) is 11.6 Å². The predicted molar refractivity (Wildman–Crippen MR) is 126 cm³/mol. The van der Waals surface area contributed by atoms with Crippen LogP contribution in [0.5, 0.6) is 11.5 Å². The van der Waals surface area contributed by atoms with Gasteiger partial charge in [0.2, 0.25) is 0 Å². The number of aromatic hydroxyl groups is 1. The molecule has 0 radical (unpaired) electrons. The van der Waals surface area contributed by atoms with Crippen molar-refractivity contribution in [3.05, 3.63) is 34.6 Å². The van der Waals surface area contributed by atoms with E-state index in [0.29, 0.717) is 42.9 Å². The third-order valence-corrected chi connectivity index (χ3v) is 7.87. The number of amides is 1. The summed E-state index contributed by atoms with van der Waals surface area (Å²) in [5, 5.41) is 13.8. The van der Waals surface area contributed by atoms with Crippen molar-refractivity contribution in [2.24, 2.45) is 11.8 Å². The number of nitrogens with zero attached hydrogens (tertiary/aromatic N) is 4. The minimum absolute atomic E-state index is 0.0411. The number of rotatable bonds is 2. The van der Waals surface area contributed by atoms with Crippen molar-refractivity contribution in [3.8, 4) is 22.8 Å². The molecule has 0 aliphatic carbocycles. The van der Waals surface area contributed by atoms with Crippen LogP contribution in [-0.4, -0.2) is 91.3 Å². The number of piperazine rings is 1. The van der Waals surface area contributed by atoms with Crippen LogP contribution < -0.4 is 15.0 Å². The molecule has 4 aliphatic heterocycles. The number of pyridine rings is 1. The fourth-order valence-electron chi connectivity index (χ4n) is 5.90. The van der Waals surface area contributed by atoms with E-state index in [0.717, 1.165) is 26.2 Å². The van der Waals surface area contributed by atoms with E-state index in [-0.39, 0.29) is 46.3 Å². The third kappa shape index (κ3) is 3.40. The number of carbonyl (C=O) groups is 1. The maximum Gasteiger partial charge on any atom is 0.261 e. The summed E-state index contributed by atoms with van der Waals surface area (Å²) in [5.41, 5.74) is 0.337. The number of fused-ring (bicyclic) bond motifs is 3. The Labute approximate surface area is 202 Å². The minimum atomic E-state index is -0.637. The number of halogens is 2. The summed E-state index contributed by atoms with van der Waals surface area (Å²) >= 11 is 6.76. The number of nitrogens with one attached hydrogen (secondary N) is 1. The SMILES string of the molecule is CN1CC2CN(c3nc(-c4c(O)cccc4F)c(Cl)c4c3C(=O)N3CCNCC3CO4)CC2C1. The number of anilines is 1. The van der Waals surface area contributed by atoms with E-state index in [2.05, 4.69) is 22.2 Å². The average Bonchev–Trinajstić information content (AvgIpc) is 3.31. The molecule has 6 rings (SSSR count). The van der Waals surface area contributed by atoms with E-state index < -0.39 is 5.82 Å². The third-order valence-electron chi connectivity index (χ3n) is 7.52. The van der Waals surface area contributed by atoms with Gasteiger partial charge in [-0.05, 0) is 31.0 Å². The minimum Gasteiger partial charge on any atom is -0.507 e. The number of likely N-dealkylation sites (tertiary alicyclic amines) is 1. The molecule has 5 heterocycles. The highest BCUT2D eigenvalue weighted by molar-refractivity contribution is 6.35. The number of carbonyl (C=O) groups excluding carboxylic acids is 1. The first-order valence-corrected chi connectivity index (χ1v) is 12.1. The zero-order valence-electron chi connectivity index (χ0n) is 18.9. The van der Waals surface area contributed by atoms with Crippen LogP contribution in [-0.2, 0) is 0 Å². The maximum absolute atomic E-state index is 14.9. The van der Waals surface area contributed by atoms with Crippen molar-refractivity contribution in [2.45, 2.75) is 6.04 Å². The molecule has 1 amide bonds. The molecule has 2 aromatic rings. The number of hydrogen-bond acceptors (Lipinski definition) is 7. The molecule has 10 heteroatoms. The van der Waals surface area contributed by atoms with Crippen LogP contribution in [0.2, 0.25) is 5.02 Å². The number of aromatic nitrogens is 1. The number of phenolic OH excluding ortho intramolecular Hbond substituents is 1. The van der Waals surface area contributed by atoms with Gasteiger partial charge in [-0.15, -0.1) is 0 Å². The summed E-state index contributed by atoms with van der Waals surface area (Å²) in [6.45, 7) is 5.64. The molecule has 1 aromatic heterocycles. The normalized spacial score (nSPS) is 26.7. The average molecular weight is 488 g/mol. The fourth-order valence-corrected chi connectivity index (χ4v) is 6.19. The van der Waals surface area contributed by atoms with E-state index in [9.17, 15) is 14.3 Å². The summed E-state index contributed by atoms with van der Waals surface area (Å²) in [6.07, 6.45) is 0. The molecule has 3 fully saturated rings. The Hall–Kier alpha value is -2.62. The van der Waals surface area contributed by atoms with Gasteiger partial charge in [-0.3, -0.25) is 4.79 Å². The van der Waals surface area contributed by atoms with Crippen LogP contribution in [0.25, 0.3) is 11.3 Å². The highest BCUT2D eigenvalue weighted by Crippen LogP contribution is 2.47. The van der Waals surface area contributed by atoms with Gasteiger partial charge in [0, 0.05) is 45.8 Å². The van der Waals surface area contributed by atoms with E-state index in [1.54, 1.807) is 0 Å². The maximum atomic E-state index is 14.9. The highest BCUT2D eigenvalue weighted by Gasteiger charge is 2.43. The van der Waals surface area contributed by atoms with Gasteiger partial charge in [-0.1, -0.05) is 17.7 Å². The lowest BCUT2D eigenvalue weighted by atomic mass is 10.0. The van der Waals surface area contributed by atoms with Crippen molar-refractivity contribution in [1.82, 2.24) is 20.1 Å². The van der Waals surface area contributed by atoms with Gasteiger partial charge >= 0.3 is 0 Å². The molecule has 8 nitrogen and oxygen atoms in total. The molecular weight excluding hydrogens is 461 g/mol. The van der Waals surface area contributed by atoms with E-state index in [1.807, 2.05) is 4.90 Å². The standard InChI is InChI=1S/C24H27ClFN5O3/c1-29-8-13-10-30(11-14(13)9-29)23-19-22(34-12-15-7-27-5-6-31(15)24(19)33)20(25)21(28-23)18-16(26)3-2-4-17(18)32/h2-4,13-15,27,32H,5-12H2,1H3. The molecule has 0 saturated carbocycles. The summed E-state index contributed by atoms with van der Waals surface area (Å²) in [6, 6.07) is 3.95. The quantitative estimate of drug-likeness (QED) is 0.671. The van der Waals surface area contributed by atoms with Crippen molar-refractivity contribution in [3.63, 3.8) is 0 Å². The zero-order chi connectivity index (χ0) is 23.6. The number of ether oxygens (including phenoxy) is 1. The predicted octanol–water partition coefficient (Wildman–Crippen LogP) is 2.05. The molecule has 0 bridgehead atoms. The molecule has 0 spiro atoms. The molecule has 2 N–H and O–H groups in total. The summed E-state index contributed by atoms with van der Waals surface area (Å²) in [4.78, 5) is 24.9. The highest BCUT2D eigenvalue weighted by atomic mass is 35.5. The Morgan fingerprint density at radius 3 is 2.71 bits per heavy atom. The van der Waals surface area contributed by atoms with Crippen molar-refractivity contribution >= 4 is 23.3 Å². The Morgan fingerprint density at radius 1 is 1.21 bits per heavy atom. The Balaban J connectivity index is 1.53. The van der Waals surface area contributed by atoms with Gasteiger partial charge < -0.3 is 29.9 Å². The van der Waals surface area contributed by atoms with Crippen LogP contribution in [0.3, 0.4) is 0 Å². The largest absolute Gasteiger partial charge is 0.507 e. The number of phenols is 1. The van der Waals surface area contributed by atoms with Crippen molar-refractivity contribution in [2.75, 3.05) is 64.4 Å². The van der Waals surface area contributed by atoms with Gasteiger partial charge in [-0.2, -0.15) is 0 Å². The number of hydrogen-bond donors (Lipinski definition) is 2. The molecule has 3 saturated heterocycles. The molecule has 3 unspecified atom stereocenters. The van der Waals surface area contributed by atoms with Crippen LogP contribution in [0, 0.1) is 17.7 Å². The lowest BCUT2D eigenvalue weighted by Crippen LogP contribution is -2.55. The second-order valence-corrected chi connectivity index (χ2v) is 10.1. The lowest BCUT2D eigenvalue weighted by molar-refractivity contribution is 0.0606. The monoisotopic (exact) mass is 487 g/mol. The van der Waals surface area contributed by atoms with Crippen LogP contribution in [0.4, 0.5) is 10.2 Å². The van der Waals surface area contributed by atoms with E-state index >= 15 is 0 Å². The Morgan fingerprint density at radius 2 is 1.97 bits per heavy atom. The van der Waals surface area contributed by atoms with Gasteiger partial charge in [-0.25, -0.2) is 9.37 Å². The second kappa shape index (κ2) is 8.25. The molecule has 1 aromatic carbocycles. The van der Waals surface area contributed by atoms with Gasteiger partial charge in [0.1, 0.15) is 40.3 Å². The molecular formula is C24H27ClFN5O3. The smallest absolute Gasteiger partial charge is 0.261 e. The molecule has 4 aliphatic rings.